The molecule has 0 heterocycles. The van der Waals surface area contributed by atoms with Crippen LogP contribution in [0.3, 0.4) is 0 Å². The normalized spacial score (nSPS) is 9.92. The molecule has 25 heavy (non-hydrogen) atoms. The van der Waals surface area contributed by atoms with Gasteiger partial charge in [0.25, 0.3) is 5.69 Å². The maximum Gasteiger partial charge on any atom is 0.277 e. The number of rotatable bonds is 2. The molecule has 0 amide bonds. The summed E-state index contributed by atoms with van der Waals surface area (Å²) in [5.74, 6) is 0. The summed E-state index contributed by atoms with van der Waals surface area (Å²) in [5, 5.41) is 12.2. The standard InChI is InChI=1S/C12H10.C10H7NO2/c1-3-7-11(8-4-1)12-9-5-2-6-10-12;12-11(13)10-7-3-5-8-4-1-2-6-9(8)10/h1-10H;1-7H. The van der Waals surface area contributed by atoms with Crippen molar-refractivity contribution >= 4 is 16.5 Å². The molecule has 122 valence electrons. The van der Waals surface area contributed by atoms with Gasteiger partial charge in [0.2, 0.25) is 0 Å². The molecule has 0 aromatic heterocycles. The van der Waals surface area contributed by atoms with Crippen molar-refractivity contribution in [2.75, 3.05) is 0 Å². The van der Waals surface area contributed by atoms with Gasteiger partial charge < -0.3 is 0 Å². The van der Waals surface area contributed by atoms with E-state index >= 15 is 0 Å². The van der Waals surface area contributed by atoms with E-state index in [0.29, 0.717) is 5.39 Å². The van der Waals surface area contributed by atoms with Crippen LogP contribution in [0.25, 0.3) is 21.9 Å². The molecule has 0 saturated heterocycles. The Hall–Kier alpha value is -3.46. The van der Waals surface area contributed by atoms with E-state index in [9.17, 15) is 10.1 Å². The molecule has 4 aromatic rings. The molecule has 0 fully saturated rings. The summed E-state index contributed by atoms with van der Waals surface area (Å²) in [6, 6.07) is 33.1. The number of nitro benzene ring substituents is 1. The second-order valence-corrected chi connectivity index (χ2v) is 5.49. The van der Waals surface area contributed by atoms with Crippen LogP contribution in [0.4, 0.5) is 5.69 Å². The van der Waals surface area contributed by atoms with Crippen LogP contribution in [0.15, 0.2) is 103 Å². The monoisotopic (exact) mass is 327 g/mol. The van der Waals surface area contributed by atoms with Crippen LogP contribution in [0, 0.1) is 10.1 Å². The van der Waals surface area contributed by atoms with E-state index in [2.05, 4.69) is 48.5 Å². The fourth-order valence-corrected chi connectivity index (χ4v) is 2.63. The van der Waals surface area contributed by atoms with Crippen LogP contribution in [0.5, 0.6) is 0 Å². The van der Waals surface area contributed by atoms with Crippen LogP contribution in [0.1, 0.15) is 0 Å². The lowest BCUT2D eigenvalue weighted by molar-refractivity contribution is -0.383. The Morgan fingerprint density at radius 3 is 1.60 bits per heavy atom. The Morgan fingerprint density at radius 1 is 0.560 bits per heavy atom. The van der Waals surface area contributed by atoms with Gasteiger partial charge >= 0.3 is 0 Å². The zero-order valence-corrected chi connectivity index (χ0v) is 13.6. The van der Waals surface area contributed by atoms with Gasteiger partial charge in [-0.25, -0.2) is 0 Å². The third-order valence-corrected chi connectivity index (χ3v) is 3.84. The number of non-ortho nitro benzene ring substituents is 1. The van der Waals surface area contributed by atoms with Crippen molar-refractivity contribution in [1.82, 2.24) is 0 Å². The first-order valence-electron chi connectivity index (χ1n) is 7.98. The van der Waals surface area contributed by atoms with Crippen molar-refractivity contribution in [3.63, 3.8) is 0 Å². The average Bonchev–Trinajstić information content (AvgIpc) is 2.69. The Balaban J connectivity index is 0.000000146. The molecular weight excluding hydrogens is 310 g/mol. The van der Waals surface area contributed by atoms with Gasteiger partial charge in [-0.3, -0.25) is 10.1 Å². The third kappa shape index (κ3) is 4.09. The highest BCUT2D eigenvalue weighted by atomic mass is 16.6. The van der Waals surface area contributed by atoms with E-state index < -0.39 is 0 Å². The quantitative estimate of drug-likeness (QED) is 0.330. The molecule has 0 unspecified atom stereocenters. The third-order valence-electron chi connectivity index (χ3n) is 3.84. The summed E-state index contributed by atoms with van der Waals surface area (Å²) < 4.78 is 0. The summed E-state index contributed by atoms with van der Waals surface area (Å²) in [7, 11) is 0. The predicted molar refractivity (Wildman–Crippen MR) is 102 cm³/mol. The Bertz CT molecular complexity index is 924. The average molecular weight is 327 g/mol. The van der Waals surface area contributed by atoms with Crippen molar-refractivity contribution in [1.29, 1.82) is 0 Å². The Labute approximate surface area is 146 Å². The number of hydrogen-bond acceptors (Lipinski definition) is 2. The molecule has 0 spiro atoms. The summed E-state index contributed by atoms with van der Waals surface area (Å²) >= 11 is 0. The number of hydrogen-bond donors (Lipinski definition) is 0. The van der Waals surface area contributed by atoms with Crippen LogP contribution in [-0.2, 0) is 0 Å². The zero-order valence-electron chi connectivity index (χ0n) is 13.6. The fourth-order valence-electron chi connectivity index (χ4n) is 2.63. The van der Waals surface area contributed by atoms with Gasteiger partial charge in [0.1, 0.15) is 0 Å². The molecule has 3 nitrogen and oxygen atoms in total. The van der Waals surface area contributed by atoms with Gasteiger partial charge in [-0.05, 0) is 22.6 Å². The highest BCUT2D eigenvalue weighted by Crippen LogP contribution is 2.24. The van der Waals surface area contributed by atoms with Gasteiger partial charge in [0.05, 0.1) is 10.3 Å². The summed E-state index contributed by atoms with van der Waals surface area (Å²) in [6.45, 7) is 0. The molecule has 4 aromatic carbocycles. The van der Waals surface area contributed by atoms with E-state index in [4.69, 9.17) is 0 Å². The summed E-state index contributed by atoms with van der Waals surface area (Å²) in [5.41, 5.74) is 2.72. The summed E-state index contributed by atoms with van der Waals surface area (Å²) in [6.07, 6.45) is 0. The molecule has 0 N–H and O–H groups in total. The highest BCUT2D eigenvalue weighted by Gasteiger charge is 2.08. The molecule has 0 aliphatic heterocycles. The zero-order chi connectivity index (χ0) is 17.5. The van der Waals surface area contributed by atoms with Crippen molar-refractivity contribution in [3.8, 4) is 11.1 Å². The SMILES string of the molecule is O=[N+]([O-])c1cccc2ccccc12.c1ccc(-c2ccccc2)cc1. The minimum Gasteiger partial charge on any atom is -0.258 e. The molecule has 0 aliphatic carbocycles. The molecule has 4 rings (SSSR count). The van der Waals surface area contributed by atoms with E-state index in [0.717, 1.165) is 5.39 Å². The van der Waals surface area contributed by atoms with Crippen LogP contribution < -0.4 is 0 Å². The largest absolute Gasteiger partial charge is 0.277 e. The molecule has 0 radical (unpaired) electrons. The van der Waals surface area contributed by atoms with E-state index in [1.165, 1.54) is 17.2 Å². The lowest BCUT2D eigenvalue weighted by Gasteiger charge is -1.98. The van der Waals surface area contributed by atoms with Crippen molar-refractivity contribution < 1.29 is 4.92 Å². The molecule has 0 atom stereocenters. The van der Waals surface area contributed by atoms with Crippen molar-refractivity contribution in [3.05, 3.63) is 113 Å². The van der Waals surface area contributed by atoms with Gasteiger partial charge in [0.15, 0.2) is 0 Å². The number of nitrogens with zero attached hydrogens (tertiary/aromatic N) is 1. The second kappa shape index (κ2) is 7.88. The van der Waals surface area contributed by atoms with E-state index in [-0.39, 0.29) is 10.6 Å². The number of nitro groups is 1. The molecule has 3 heteroatoms. The van der Waals surface area contributed by atoms with Gasteiger partial charge in [-0.2, -0.15) is 0 Å². The minimum atomic E-state index is -0.359. The maximum absolute atomic E-state index is 10.6. The maximum atomic E-state index is 10.6. The van der Waals surface area contributed by atoms with Gasteiger partial charge in [-0.1, -0.05) is 91.0 Å². The first-order chi connectivity index (χ1) is 12.3. The molecule has 0 aliphatic rings. The van der Waals surface area contributed by atoms with Gasteiger partial charge in [0, 0.05) is 6.07 Å². The minimum absolute atomic E-state index is 0.165. The van der Waals surface area contributed by atoms with Crippen LogP contribution in [-0.4, -0.2) is 4.92 Å². The first-order valence-corrected chi connectivity index (χ1v) is 7.98. The van der Waals surface area contributed by atoms with Crippen molar-refractivity contribution in [2.45, 2.75) is 0 Å². The lowest BCUT2D eigenvalue weighted by atomic mass is 10.1. The lowest BCUT2D eigenvalue weighted by Crippen LogP contribution is -1.88. The van der Waals surface area contributed by atoms with Crippen molar-refractivity contribution in [2.24, 2.45) is 0 Å². The first kappa shape index (κ1) is 16.4. The van der Waals surface area contributed by atoms with E-state index in [1.807, 2.05) is 30.3 Å². The topological polar surface area (TPSA) is 43.1 Å². The van der Waals surface area contributed by atoms with Gasteiger partial charge in [-0.15, -0.1) is 0 Å². The summed E-state index contributed by atoms with van der Waals surface area (Å²) in [4.78, 5) is 10.3. The number of fused-ring (bicyclic) bond motifs is 1. The molecule has 0 bridgehead atoms. The van der Waals surface area contributed by atoms with Crippen LogP contribution in [0.2, 0.25) is 0 Å². The highest BCUT2D eigenvalue weighted by molar-refractivity contribution is 5.90. The second-order valence-electron chi connectivity index (χ2n) is 5.49. The predicted octanol–water partition coefficient (Wildman–Crippen LogP) is 6.10. The van der Waals surface area contributed by atoms with E-state index in [1.54, 1.807) is 18.2 Å². The molecular formula is C22H17NO2. The Kier molecular flexibility index (Phi) is 5.17. The number of benzene rings is 4. The van der Waals surface area contributed by atoms with Crippen LogP contribution >= 0.6 is 0 Å². The fraction of sp³-hybridized carbons (Fsp3) is 0. The Morgan fingerprint density at radius 2 is 1.04 bits per heavy atom. The molecule has 0 saturated carbocycles. The smallest absolute Gasteiger partial charge is 0.258 e.